The molecule has 0 bridgehead atoms. The van der Waals surface area contributed by atoms with Crippen molar-refractivity contribution < 1.29 is 18.1 Å². The highest BCUT2D eigenvalue weighted by atomic mass is 35.5. The number of rotatable bonds is 4. The lowest BCUT2D eigenvalue weighted by atomic mass is 10.1. The molecule has 1 heterocycles. The molecule has 24 heavy (non-hydrogen) atoms. The minimum Gasteiger partial charge on any atom is -0.356 e. The molecule has 122 valence electrons. The quantitative estimate of drug-likeness (QED) is 0.768. The van der Waals surface area contributed by atoms with E-state index in [1.165, 1.54) is 6.07 Å². The Morgan fingerprint density at radius 1 is 1.12 bits per heavy atom. The molecule has 0 saturated carbocycles. The standard InChI is InChI=1S/C17H11ClF2N2O2/c18-11-6-4-10(5-7-11)15-8-12(22-24-15)9-21-17(23)16-13(19)2-1-3-14(16)20/h1-8H,9H2,(H,21,23). The Morgan fingerprint density at radius 2 is 1.79 bits per heavy atom. The minimum absolute atomic E-state index is 0.0241. The summed E-state index contributed by atoms with van der Waals surface area (Å²) in [5, 5.41) is 6.82. The molecule has 4 nitrogen and oxygen atoms in total. The summed E-state index contributed by atoms with van der Waals surface area (Å²) >= 11 is 5.82. The molecule has 2 aromatic carbocycles. The third kappa shape index (κ3) is 3.44. The summed E-state index contributed by atoms with van der Waals surface area (Å²) in [4.78, 5) is 11.9. The summed E-state index contributed by atoms with van der Waals surface area (Å²) in [7, 11) is 0. The van der Waals surface area contributed by atoms with Crippen molar-refractivity contribution in [3.05, 3.63) is 76.4 Å². The van der Waals surface area contributed by atoms with Gasteiger partial charge in [-0.15, -0.1) is 0 Å². The van der Waals surface area contributed by atoms with Gasteiger partial charge in [0, 0.05) is 16.7 Å². The van der Waals surface area contributed by atoms with Gasteiger partial charge < -0.3 is 9.84 Å². The predicted molar refractivity (Wildman–Crippen MR) is 84.5 cm³/mol. The molecule has 0 fully saturated rings. The zero-order chi connectivity index (χ0) is 17.1. The number of nitrogens with zero attached hydrogens (tertiary/aromatic N) is 1. The van der Waals surface area contributed by atoms with Crippen molar-refractivity contribution in [3.8, 4) is 11.3 Å². The number of hydrogen-bond acceptors (Lipinski definition) is 3. The van der Waals surface area contributed by atoms with Crippen molar-refractivity contribution in [2.24, 2.45) is 0 Å². The largest absolute Gasteiger partial charge is 0.356 e. The topological polar surface area (TPSA) is 55.1 Å². The maximum Gasteiger partial charge on any atom is 0.257 e. The Hall–Kier alpha value is -2.73. The van der Waals surface area contributed by atoms with Crippen LogP contribution < -0.4 is 5.32 Å². The van der Waals surface area contributed by atoms with Crippen molar-refractivity contribution in [1.29, 1.82) is 0 Å². The molecular formula is C17H11ClF2N2O2. The van der Waals surface area contributed by atoms with Gasteiger partial charge in [-0.2, -0.15) is 0 Å². The van der Waals surface area contributed by atoms with Crippen molar-refractivity contribution in [2.45, 2.75) is 6.54 Å². The van der Waals surface area contributed by atoms with Gasteiger partial charge >= 0.3 is 0 Å². The first-order valence-electron chi connectivity index (χ1n) is 6.98. The molecule has 3 rings (SSSR count). The fraction of sp³-hybridized carbons (Fsp3) is 0.0588. The van der Waals surface area contributed by atoms with E-state index in [1.54, 1.807) is 30.3 Å². The highest BCUT2D eigenvalue weighted by Gasteiger charge is 2.17. The van der Waals surface area contributed by atoms with Gasteiger partial charge in [-0.3, -0.25) is 4.79 Å². The highest BCUT2D eigenvalue weighted by Crippen LogP contribution is 2.22. The number of benzene rings is 2. The maximum absolute atomic E-state index is 13.5. The zero-order valence-electron chi connectivity index (χ0n) is 12.2. The minimum atomic E-state index is -0.922. The van der Waals surface area contributed by atoms with Crippen LogP contribution in [0.4, 0.5) is 8.78 Å². The van der Waals surface area contributed by atoms with Gasteiger partial charge in [0.2, 0.25) is 0 Å². The zero-order valence-corrected chi connectivity index (χ0v) is 13.0. The van der Waals surface area contributed by atoms with Gasteiger partial charge in [-0.05, 0) is 36.4 Å². The van der Waals surface area contributed by atoms with Crippen LogP contribution in [0.25, 0.3) is 11.3 Å². The molecule has 1 aromatic heterocycles. The second kappa shape index (κ2) is 6.80. The molecular weight excluding hydrogens is 338 g/mol. The van der Waals surface area contributed by atoms with Gasteiger partial charge in [-0.25, -0.2) is 8.78 Å². The Morgan fingerprint density at radius 3 is 2.46 bits per heavy atom. The van der Waals surface area contributed by atoms with E-state index in [0.29, 0.717) is 16.5 Å². The van der Waals surface area contributed by atoms with E-state index >= 15 is 0 Å². The molecule has 3 aromatic rings. The van der Waals surface area contributed by atoms with Crippen LogP contribution in [0.15, 0.2) is 53.1 Å². The first kappa shape index (κ1) is 16.1. The number of aromatic nitrogens is 1. The van der Waals surface area contributed by atoms with Crippen LogP contribution in [0.2, 0.25) is 5.02 Å². The summed E-state index contributed by atoms with van der Waals surface area (Å²) in [6, 6.07) is 11.8. The summed E-state index contributed by atoms with van der Waals surface area (Å²) in [6.45, 7) is -0.0241. The average Bonchev–Trinajstić information content (AvgIpc) is 3.02. The molecule has 0 aliphatic heterocycles. The SMILES string of the molecule is O=C(NCc1cc(-c2ccc(Cl)cc2)on1)c1c(F)cccc1F. The van der Waals surface area contributed by atoms with Crippen LogP contribution in [0.5, 0.6) is 0 Å². The van der Waals surface area contributed by atoms with Crippen LogP contribution in [0.3, 0.4) is 0 Å². The van der Waals surface area contributed by atoms with Crippen molar-refractivity contribution in [1.82, 2.24) is 10.5 Å². The van der Waals surface area contributed by atoms with Crippen LogP contribution in [-0.4, -0.2) is 11.1 Å². The van der Waals surface area contributed by atoms with E-state index in [9.17, 15) is 13.6 Å². The van der Waals surface area contributed by atoms with E-state index in [4.69, 9.17) is 16.1 Å². The molecule has 1 N–H and O–H groups in total. The van der Waals surface area contributed by atoms with Crippen LogP contribution in [0, 0.1) is 11.6 Å². The molecule has 0 aliphatic carbocycles. The predicted octanol–water partition coefficient (Wildman–Crippen LogP) is 4.20. The number of hydrogen-bond donors (Lipinski definition) is 1. The molecule has 0 atom stereocenters. The fourth-order valence-electron chi connectivity index (χ4n) is 2.12. The third-order valence-corrected chi connectivity index (χ3v) is 3.56. The Balaban J connectivity index is 1.69. The smallest absolute Gasteiger partial charge is 0.257 e. The van der Waals surface area contributed by atoms with Crippen molar-refractivity contribution >= 4 is 17.5 Å². The summed E-state index contributed by atoms with van der Waals surface area (Å²) in [5.41, 5.74) is 0.564. The van der Waals surface area contributed by atoms with Crippen molar-refractivity contribution in [2.75, 3.05) is 0 Å². The normalized spacial score (nSPS) is 10.6. The van der Waals surface area contributed by atoms with Gasteiger partial charge in [0.25, 0.3) is 5.91 Å². The van der Waals surface area contributed by atoms with Gasteiger partial charge in [0.15, 0.2) is 5.76 Å². The monoisotopic (exact) mass is 348 g/mol. The molecule has 7 heteroatoms. The van der Waals surface area contributed by atoms with Gasteiger partial charge in [-0.1, -0.05) is 22.8 Å². The van der Waals surface area contributed by atoms with Crippen LogP contribution in [0.1, 0.15) is 16.1 Å². The summed E-state index contributed by atoms with van der Waals surface area (Å²) in [6.07, 6.45) is 0. The second-order valence-corrected chi connectivity index (χ2v) is 5.41. The molecule has 0 radical (unpaired) electrons. The maximum atomic E-state index is 13.5. The second-order valence-electron chi connectivity index (χ2n) is 4.97. The van der Waals surface area contributed by atoms with Gasteiger partial charge in [0.1, 0.15) is 22.9 Å². The van der Waals surface area contributed by atoms with Crippen LogP contribution >= 0.6 is 11.6 Å². The number of nitrogens with one attached hydrogen (secondary N) is 1. The molecule has 0 aliphatic rings. The van der Waals surface area contributed by atoms with E-state index < -0.39 is 23.1 Å². The van der Waals surface area contributed by atoms with Crippen molar-refractivity contribution in [3.63, 3.8) is 0 Å². The third-order valence-electron chi connectivity index (χ3n) is 3.31. The lowest BCUT2D eigenvalue weighted by molar-refractivity contribution is 0.0941. The van der Waals surface area contributed by atoms with Gasteiger partial charge in [0.05, 0.1) is 6.54 Å². The summed E-state index contributed by atoms with van der Waals surface area (Å²) in [5.74, 6) is -2.21. The molecule has 0 spiro atoms. The lowest BCUT2D eigenvalue weighted by Crippen LogP contribution is -2.25. The molecule has 0 saturated heterocycles. The first-order valence-corrected chi connectivity index (χ1v) is 7.36. The van der Waals surface area contributed by atoms with E-state index in [0.717, 1.165) is 17.7 Å². The molecule has 0 unspecified atom stereocenters. The van der Waals surface area contributed by atoms with Crippen LogP contribution in [-0.2, 0) is 6.54 Å². The lowest BCUT2D eigenvalue weighted by Gasteiger charge is -2.05. The number of amides is 1. The van der Waals surface area contributed by atoms with E-state index in [1.807, 2.05) is 0 Å². The Labute approximate surface area is 141 Å². The highest BCUT2D eigenvalue weighted by molar-refractivity contribution is 6.30. The Bertz CT molecular complexity index is 858. The summed E-state index contributed by atoms with van der Waals surface area (Å²) < 4.78 is 32.3. The number of carbonyl (C=O) groups excluding carboxylic acids is 1. The number of carbonyl (C=O) groups is 1. The number of halogens is 3. The fourth-order valence-corrected chi connectivity index (χ4v) is 2.25. The van der Waals surface area contributed by atoms with E-state index in [2.05, 4.69) is 10.5 Å². The van der Waals surface area contributed by atoms with E-state index in [-0.39, 0.29) is 6.54 Å². The Kier molecular flexibility index (Phi) is 4.57. The first-order chi connectivity index (χ1) is 11.5. The molecule has 1 amide bonds. The average molecular weight is 349 g/mol.